The second-order valence-electron chi connectivity index (χ2n) is 7.74. The molecule has 2 aromatic carbocycles. The van der Waals surface area contributed by atoms with Gasteiger partial charge in [0.25, 0.3) is 5.91 Å². The molecule has 2 amide bonds. The molecule has 1 aliphatic rings. The number of hydrogen-bond donors (Lipinski definition) is 1. The number of fused-ring (bicyclic) bond motifs is 1. The van der Waals surface area contributed by atoms with Gasteiger partial charge in [-0.3, -0.25) is 9.59 Å². The Bertz CT molecular complexity index is 890. The average molecular weight is 396 g/mol. The Hall–Kier alpha value is -3.02. The van der Waals surface area contributed by atoms with Gasteiger partial charge in [-0.25, -0.2) is 0 Å². The fourth-order valence-electron chi connectivity index (χ4n) is 3.34. The lowest BCUT2D eigenvalue weighted by atomic mass is 10.0. The van der Waals surface area contributed by atoms with Gasteiger partial charge in [0.05, 0.1) is 12.8 Å². The van der Waals surface area contributed by atoms with Crippen LogP contribution >= 0.6 is 0 Å². The second kappa shape index (κ2) is 8.55. The molecule has 1 aliphatic heterocycles. The molecule has 0 aromatic heterocycles. The molecule has 154 valence electrons. The maximum Gasteiger partial charge on any atom is 0.270 e. The summed E-state index contributed by atoms with van der Waals surface area (Å²) >= 11 is 0. The number of nitrogens with zero attached hydrogens (tertiary/aromatic N) is 1. The smallest absolute Gasteiger partial charge is 0.270 e. The van der Waals surface area contributed by atoms with Gasteiger partial charge in [-0.2, -0.15) is 0 Å². The lowest BCUT2D eigenvalue weighted by molar-refractivity contribution is -0.132. The van der Waals surface area contributed by atoms with E-state index in [1.165, 1.54) is 0 Å². The van der Waals surface area contributed by atoms with Crippen molar-refractivity contribution in [3.05, 3.63) is 53.6 Å². The molecule has 3 rings (SSSR count). The van der Waals surface area contributed by atoms with Crippen molar-refractivity contribution in [3.63, 3.8) is 0 Å². The lowest BCUT2D eigenvalue weighted by Gasteiger charge is -2.38. The van der Waals surface area contributed by atoms with Crippen LogP contribution in [-0.2, 0) is 16.0 Å². The van der Waals surface area contributed by atoms with Crippen LogP contribution < -0.4 is 19.7 Å². The molecule has 0 aliphatic carbocycles. The number of carbonyl (C=O) groups excluding carboxylic acids is 2. The van der Waals surface area contributed by atoms with Gasteiger partial charge >= 0.3 is 0 Å². The molecule has 6 nitrogen and oxygen atoms in total. The maximum atomic E-state index is 12.8. The second-order valence-corrected chi connectivity index (χ2v) is 7.74. The van der Waals surface area contributed by atoms with Crippen LogP contribution in [0.3, 0.4) is 0 Å². The zero-order chi connectivity index (χ0) is 21.0. The first-order valence-electron chi connectivity index (χ1n) is 9.81. The SMILES string of the molecule is COc1ccc(CCNC(=O)CCN2C(=O)C(C)(C)Oc3ccc(C)cc32)cc1. The summed E-state index contributed by atoms with van der Waals surface area (Å²) in [4.78, 5) is 26.8. The number of ether oxygens (including phenoxy) is 2. The van der Waals surface area contributed by atoms with E-state index in [2.05, 4.69) is 5.32 Å². The highest BCUT2D eigenvalue weighted by Gasteiger charge is 2.40. The topological polar surface area (TPSA) is 67.9 Å². The molecule has 0 unspecified atom stereocenters. The van der Waals surface area contributed by atoms with E-state index < -0.39 is 5.60 Å². The largest absolute Gasteiger partial charge is 0.497 e. The summed E-state index contributed by atoms with van der Waals surface area (Å²) in [6.45, 7) is 6.33. The molecule has 0 saturated carbocycles. The van der Waals surface area contributed by atoms with Crippen molar-refractivity contribution in [2.75, 3.05) is 25.1 Å². The van der Waals surface area contributed by atoms with E-state index in [1.807, 2.05) is 49.4 Å². The number of amides is 2. The van der Waals surface area contributed by atoms with E-state index in [4.69, 9.17) is 9.47 Å². The van der Waals surface area contributed by atoms with Gasteiger partial charge in [-0.1, -0.05) is 18.2 Å². The van der Waals surface area contributed by atoms with Crippen LogP contribution in [0.25, 0.3) is 0 Å². The zero-order valence-electron chi connectivity index (χ0n) is 17.5. The minimum absolute atomic E-state index is 0.0789. The first-order chi connectivity index (χ1) is 13.8. The van der Waals surface area contributed by atoms with Crippen LogP contribution in [0.15, 0.2) is 42.5 Å². The Morgan fingerprint density at radius 3 is 2.59 bits per heavy atom. The maximum absolute atomic E-state index is 12.8. The lowest BCUT2D eigenvalue weighted by Crippen LogP contribution is -2.53. The summed E-state index contributed by atoms with van der Waals surface area (Å²) in [6, 6.07) is 13.5. The quantitative estimate of drug-likeness (QED) is 0.780. The van der Waals surface area contributed by atoms with Crippen molar-refractivity contribution < 1.29 is 19.1 Å². The number of nitrogens with one attached hydrogen (secondary N) is 1. The molecule has 0 saturated heterocycles. The molecule has 6 heteroatoms. The highest BCUT2D eigenvalue weighted by Crippen LogP contribution is 2.38. The van der Waals surface area contributed by atoms with E-state index in [9.17, 15) is 9.59 Å². The van der Waals surface area contributed by atoms with Crippen molar-refractivity contribution in [1.82, 2.24) is 5.32 Å². The van der Waals surface area contributed by atoms with Crippen LogP contribution in [0.2, 0.25) is 0 Å². The van der Waals surface area contributed by atoms with E-state index >= 15 is 0 Å². The third-order valence-corrected chi connectivity index (χ3v) is 4.99. The average Bonchev–Trinajstić information content (AvgIpc) is 2.69. The predicted molar refractivity (Wildman–Crippen MR) is 113 cm³/mol. The van der Waals surface area contributed by atoms with E-state index in [0.29, 0.717) is 18.8 Å². The highest BCUT2D eigenvalue weighted by atomic mass is 16.5. The molecule has 0 radical (unpaired) electrons. The first kappa shape index (κ1) is 20.7. The summed E-state index contributed by atoms with van der Waals surface area (Å²) in [5, 5.41) is 2.93. The van der Waals surface area contributed by atoms with E-state index in [-0.39, 0.29) is 18.2 Å². The summed E-state index contributed by atoms with van der Waals surface area (Å²) in [5.74, 6) is 1.26. The molecule has 0 bridgehead atoms. The standard InChI is InChI=1S/C23H28N2O4/c1-16-5-10-20-19(15-16)25(22(27)23(2,3)29-20)14-12-21(26)24-13-11-17-6-8-18(28-4)9-7-17/h5-10,15H,11-14H2,1-4H3,(H,24,26). The van der Waals surface area contributed by atoms with Crippen LogP contribution in [0.5, 0.6) is 11.5 Å². The van der Waals surface area contributed by atoms with Crippen molar-refractivity contribution >= 4 is 17.5 Å². The molecular weight excluding hydrogens is 368 g/mol. The third kappa shape index (κ3) is 4.88. The Balaban J connectivity index is 1.56. The van der Waals surface area contributed by atoms with Crippen LogP contribution in [0.1, 0.15) is 31.4 Å². The molecule has 0 atom stereocenters. The van der Waals surface area contributed by atoms with Crippen LogP contribution in [0.4, 0.5) is 5.69 Å². The number of anilines is 1. The number of aryl methyl sites for hydroxylation is 1. The van der Waals surface area contributed by atoms with Crippen molar-refractivity contribution in [1.29, 1.82) is 0 Å². The normalized spacial score (nSPS) is 14.8. The third-order valence-electron chi connectivity index (χ3n) is 4.99. The number of carbonyl (C=O) groups is 2. The van der Waals surface area contributed by atoms with Gasteiger partial charge in [-0.15, -0.1) is 0 Å². The molecule has 1 N–H and O–H groups in total. The van der Waals surface area contributed by atoms with E-state index in [0.717, 1.165) is 29.0 Å². The highest BCUT2D eigenvalue weighted by molar-refractivity contribution is 6.02. The first-order valence-corrected chi connectivity index (χ1v) is 9.81. The minimum Gasteiger partial charge on any atom is -0.497 e. The molecule has 29 heavy (non-hydrogen) atoms. The summed E-state index contributed by atoms with van der Waals surface area (Å²) < 4.78 is 11.0. The fourth-order valence-corrected chi connectivity index (χ4v) is 3.34. The van der Waals surface area contributed by atoms with E-state index in [1.54, 1.807) is 25.9 Å². The Kier molecular flexibility index (Phi) is 6.11. The predicted octanol–water partition coefficient (Wildman–Crippen LogP) is 3.26. The van der Waals surface area contributed by atoms with Gasteiger partial charge in [0.1, 0.15) is 11.5 Å². The van der Waals surface area contributed by atoms with Crippen LogP contribution in [0, 0.1) is 6.92 Å². The Morgan fingerprint density at radius 2 is 1.90 bits per heavy atom. The monoisotopic (exact) mass is 396 g/mol. The number of methoxy groups -OCH3 is 1. The van der Waals surface area contributed by atoms with Gasteiger partial charge in [-0.05, 0) is 62.6 Å². The molecule has 0 spiro atoms. The molecule has 2 aromatic rings. The van der Waals surface area contributed by atoms with Crippen LogP contribution in [-0.4, -0.2) is 37.6 Å². The van der Waals surface area contributed by atoms with Crippen molar-refractivity contribution in [2.45, 2.75) is 39.2 Å². The molecule has 1 heterocycles. The van der Waals surface area contributed by atoms with Crippen molar-refractivity contribution in [3.8, 4) is 11.5 Å². The summed E-state index contributed by atoms with van der Waals surface area (Å²) in [6.07, 6.45) is 0.971. The van der Waals surface area contributed by atoms with Crippen molar-refractivity contribution in [2.24, 2.45) is 0 Å². The number of rotatable bonds is 7. The summed E-state index contributed by atoms with van der Waals surface area (Å²) in [7, 11) is 1.63. The minimum atomic E-state index is -0.951. The van der Waals surface area contributed by atoms with Gasteiger partial charge in [0.15, 0.2) is 5.60 Å². The Morgan fingerprint density at radius 1 is 1.17 bits per heavy atom. The van der Waals surface area contributed by atoms with Gasteiger partial charge < -0.3 is 19.7 Å². The number of hydrogen-bond acceptors (Lipinski definition) is 4. The summed E-state index contributed by atoms with van der Waals surface area (Å²) in [5.41, 5.74) is 1.93. The van der Waals surface area contributed by atoms with Gasteiger partial charge in [0, 0.05) is 19.5 Å². The Labute approximate surface area is 171 Å². The van der Waals surface area contributed by atoms with Gasteiger partial charge in [0.2, 0.25) is 5.91 Å². The molecular formula is C23H28N2O4. The fraction of sp³-hybridized carbons (Fsp3) is 0.391. The number of benzene rings is 2. The molecule has 0 fully saturated rings. The zero-order valence-corrected chi connectivity index (χ0v) is 17.5.